The summed E-state index contributed by atoms with van der Waals surface area (Å²) in [5, 5.41) is 2.28. The Bertz CT molecular complexity index is 1330. The molecule has 30 heavy (non-hydrogen) atoms. The summed E-state index contributed by atoms with van der Waals surface area (Å²) in [5.41, 5.74) is 3.55. The van der Waals surface area contributed by atoms with Crippen LogP contribution in [0.25, 0.3) is 21.3 Å². The van der Waals surface area contributed by atoms with Crippen LogP contribution in [0.2, 0.25) is 0 Å². The number of aryl methyl sites for hydroxylation is 1. The van der Waals surface area contributed by atoms with E-state index in [0.717, 1.165) is 17.0 Å². The summed E-state index contributed by atoms with van der Waals surface area (Å²) in [6.45, 7) is 8.10. The van der Waals surface area contributed by atoms with E-state index in [9.17, 15) is 14.0 Å². The first kappa shape index (κ1) is 20.0. The number of nitrogens with zero attached hydrogens (tertiary/aromatic N) is 3. The van der Waals surface area contributed by atoms with Crippen LogP contribution in [0.1, 0.15) is 21.7 Å². The summed E-state index contributed by atoms with van der Waals surface area (Å²) >= 11 is 1.35. The first-order valence-corrected chi connectivity index (χ1v) is 10.3. The van der Waals surface area contributed by atoms with Gasteiger partial charge in [0.2, 0.25) is 0 Å². The Morgan fingerprint density at radius 1 is 1.27 bits per heavy atom. The number of allylic oxidation sites excluding steroid dienone is 1. The molecule has 152 valence electrons. The lowest BCUT2D eigenvalue weighted by atomic mass is 10.1. The molecule has 0 aliphatic heterocycles. The number of carbonyl (C=O) groups excluding carboxylic acids is 1. The molecule has 0 unspecified atom stereocenters. The number of benzene rings is 1. The van der Waals surface area contributed by atoms with E-state index in [1.807, 2.05) is 29.9 Å². The molecule has 4 rings (SSSR count). The van der Waals surface area contributed by atoms with Gasteiger partial charge in [0.1, 0.15) is 10.6 Å². The smallest absolute Gasteiger partial charge is 0.263 e. The van der Waals surface area contributed by atoms with Crippen LogP contribution in [0.4, 0.5) is 4.39 Å². The fourth-order valence-corrected chi connectivity index (χ4v) is 4.56. The molecule has 0 N–H and O–H groups in total. The molecule has 0 radical (unpaired) electrons. The summed E-state index contributed by atoms with van der Waals surface area (Å²) in [6.07, 6.45) is 3.20. The summed E-state index contributed by atoms with van der Waals surface area (Å²) in [5.74, 6) is -0.492. The van der Waals surface area contributed by atoms with Crippen LogP contribution < -0.4 is 5.56 Å². The lowest BCUT2D eigenvalue weighted by Gasteiger charge is -2.08. The van der Waals surface area contributed by atoms with Crippen LogP contribution in [0.3, 0.4) is 0 Å². The number of fused-ring (bicyclic) bond motifs is 1. The summed E-state index contributed by atoms with van der Waals surface area (Å²) in [4.78, 5) is 31.1. The van der Waals surface area contributed by atoms with Crippen molar-refractivity contribution in [3.8, 4) is 11.1 Å². The Morgan fingerprint density at radius 3 is 2.70 bits per heavy atom. The van der Waals surface area contributed by atoms with Gasteiger partial charge in [-0.05, 0) is 37.6 Å². The minimum absolute atomic E-state index is 0.0984. The van der Waals surface area contributed by atoms with E-state index in [4.69, 9.17) is 0 Å². The molecular formula is C23H20FN3O2S. The molecule has 0 saturated carbocycles. The third-order valence-corrected chi connectivity index (χ3v) is 6.10. The second-order valence-electron chi connectivity index (χ2n) is 7.12. The number of ketones is 1. The Morgan fingerprint density at radius 2 is 2.00 bits per heavy atom. The standard InChI is InChI=1S/C23H20FN3O2S/c1-4-9-27-14(2)10-18(15(27)3)20(28)11-26-13-25-22-21(23(26)29)19(12-30-22)16-5-7-17(24)8-6-16/h4-8,10,12-13H,1,9,11H2,2-3H3. The van der Waals surface area contributed by atoms with Gasteiger partial charge in [-0.2, -0.15) is 0 Å². The van der Waals surface area contributed by atoms with Gasteiger partial charge in [-0.3, -0.25) is 14.2 Å². The van der Waals surface area contributed by atoms with Crippen LogP contribution in [-0.4, -0.2) is 19.9 Å². The zero-order chi connectivity index (χ0) is 21.4. The predicted octanol–water partition coefficient (Wildman–Crippen LogP) is 4.75. The number of rotatable bonds is 6. The second-order valence-corrected chi connectivity index (χ2v) is 7.98. The molecule has 0 atom stereocenters. The van der Waals surface area contributed by atoms with Gasteiger partial charge in [0, 0.05) is 34.4 Å². The van der Waals surface area contributed by atoms with Gasteiger partial charge >= 0.3 is 0 Å². The molecule has 0 fully saturated rings. The van der Waals surface area contributed by atoms with Crippen molar-refractivity contribution in [3.05, 3.63) is 87.8 Å². The largest absolute Gasteiger partial charge is 0.345 e. The molecule has 7 heteroatoms. The second kappa shape index (κ2) is 7.84. The van der Waals surface area contributed by atoms with Crippen molar-refractivity contribution in [2.24, 2.45) is 0 Å². The van der Waals surface area contributed by atoms with Crippen molar-refractivity contribution in [1.82, 2.24) is 14.1 Å². The normalized spacial score (nSPS) is 11.2. The number of halogens is 1. The molecule has 0 aliphatic rings. The van der Waals surface area contributed by atoms with Gasteiger partial charge in [-0.25, -0.2) is 9.37 Å². The average molecular weight is 421 g/mol. The highest BCUT2D eigenvalue weighted by Crippen LogP contribution is 2.30. The molecule has 0 aliphatic carbocycles. The van der Waals surface area contributed by atoms with Crippen LogP contribution in [0, 0.1) is 19.7 Å². The van der Waals surface area contributed by atoms with Crippen LogP contribution in [0.15, 0.2) is 59.5 Å². The molecule has 4 aromatic rings. The van der Waals surface area contributed by atoms with E-state index in [-0.39, 0.29) is 23.7 Å². The van der Waals surface area contributed by atoms with E-state index < -0.39 is 0 Å². The Labute approximate surface area is 176 Å². The van der Waals surface area contributed by atoms with Crippen molar-refractivity contribution in [3.63, 3.8) is 0 Å². The zero-order valence-electron chi connectivity index (χ0n) is 16.7. The number of Topliss-reactive ketones (excluding diaryl/α,β-unsaturated/α-hetero) is 1. The SMILES string of the molecule is C=CCn1c(C)cc(C(=O)Cn2cnc3scc(-c4ccc(F)cc4)c3c2=O)c1C. The van der Waals surface area contributed by atoms with E-state index in [1.165, 1.54) is 34.4 Å². The molecule has 0 bridgehead atoms. The van der Waals surface area contributed by atoms with Gasteiger partial charge in [0.25, 0.3) is 5.56 Å². The predicted molar refractivity (Wildman–Crippen MR) is 118 cm³/mol. The van der Waals surface area contributed by atoms with Gasteiger partial charge in [-0.1, -0.05) is 18.2 Å². The molecule has 0 saturated heterocycles. The Balaban J connectivity index is 1.73. The van der Waals surface area contributed by atoms with Crippen molar-refractivity contribution < 1.29 is 9.18 Å². The highest BCUT2D eigenvalue weighted by molar-refractivity contribution is 7.17. The van der Waals surface area contributed by atoms with E-state index in [1.54, 1.807) is 18.2 Å². The van der Waals surface area contributed by atoms with Crippen molar-refractivity contribution in [1.29, 1.82) is 0 Å². The molecule has 5 nitrogen and oxygen atoms in total. The topological polar surface area (TPSA) is 56.9 Å². The summed E-state index contributed by atoms with van der Waals surface area (Å²) in [6, 6.07) is 7.82. The first-order valence-electron chi connectivity index (χ1n) is 9.44. The average Bonchev–Trinajstić information content (AvgIpc) is 3.28. The maximum absolute atomic E-state index is 13.3. The van der Waals surface area contributed by atoms with Crippen molar-refractivity contribution in [2.75, 3.05) is 0 Å². The molecule has 0 amide bonds. The molecule has 3 aromatic heterocycles. The summed E-state index contributed by atoms with van der Waals surface area (Å²) < 4.78 is 16.6. The number of carbonyl (C=O) groups is 1. The Hall–Kier alpha value is -3.32. The van der Waals surface area contributed by atoms with Crippen LogP contribution >= 0.6 is 11.3 Å². The van der Waals surface area contributed by atoms with E-state index in [2.05, 4.69) is 11.6 Å². The number of thiophene rings is 1. The maximum Gasteiger partial charge on any atom is 0.263 e. The maximum atomic E-state index is 13.3. The quantitative estimate of drug-likeness (QED) is 0.333. The van der Waals surface area contributed by atoms with E-state index >= 15 is 0 Å². The highest BCUT2D eigenvalue weighted by Gasteiger charge is 2.18. The van der Waals surface area contributed by atoms with Crippen LogP contribution in [0.5, 0.6) is 0 Å². The lowest BCUT2D eigenvalue weighted by molar-refractivity contribution is 0.0970. The third kappa shape index (κ3) is 3.41. The first-order chi connectivity index (χ1) is 14.4. The van der Waals surface area contributed by atoms with Gasteiger partial charge in [-0.15, -0.1) is 17.9 Å². The molecule has 0 spiro atoms. The van der Waals surface area contributed by atoms with E-state index in [0.29, 0.717) is 27.9 Å². The molecule has 3 heterocycles. The third-order valence-electron chi connectivity index (χ3n) is 5.22. The van der Waals surface area contributed by atoms with Crippen molar-refractivity contribution >= 4 is 27.3 Å². The lowest BCUT2D eigenvalue weighted by Crippen LogP contribution is -2.24. The molecule has 1 aromatic carbocycles. The highest BCUT2D eigenvalue weighted by atomic mass is 32.1. The zero-order valence-corrected chi connectivity index (χ0v) is 17.5. The number of aromatic nitrogens is 3. The van der Waals surface area contributed by atoms with Crippen LogP contribution in [-0.2, 0) is 13.1 Å². The number of hydrogen-bond donors (Lipinski definition) is 0. The fraction of sp³-hybridized carbons (Fsp3) is 0.174. The Kier molecular flexibility index (Phi) is 5.22. The minimum atomic E-state index is -0.339. The fourth-order valence-electron chi connectivity index (χ4n) is 3.66. The number of hydrogen-bond acceptors (Lipinski definition) is 4. The monoisotopic (exact) mass is 421 g/mol. The van der Waals surface area contributed by atoms with Gasteiger partial charge < -0.3 is 4.57 Å². The molecular weight excluding hydrogens is 401 g/mol. The van der Waals surface area contributed by atoms with Gasteiger partial charge in [0.05, 0.1) is 18.3 Å². The van der Waals surface area contributed by atoms with Crippen molar-refractivity contribution in [2.45, 2.75) is 26.9 Å². The van der Waals surface area contributed by atoms with Gasteiger partial charge in [0.15, 0.2) is 5.78 Å². The summed E-state index contributed by atoms with van der Waals surface area (Å²) in [7, 11) is 0. The minimum Gasteiger partial charge on any atom is -0.345 e.